The number of nitrogens with one attached hydrogen (secondary N) is 1. The third kappa shape index (κ3) is 2.76. The van der Waals surface area contributed by atoms with Crippen LogP contribution in [0.25, 0.3) is 5.57 Å². The van der Waals surface area contributed by atoms with Crippen molar-refractivity contribution in [1.82, 2.24) is 15.0 Å². The van der Waals surface area contributed by atoms with Crippen molar-refractivity contribution in [3.63, 3.8) is 0 Å². The zero-order chi connectivity index (χ0) is 22.1. The quantitative estimate of drug-likeness (QED) is 0.807. The summed E-state index contributed by atoms with van der Waals surface area (Å²) in [6, 6.07) is 1.81. The normalized spacial score (nSPS) is 23.1. The van der Waals surface area contributed by atoms with Crippen molar-refractivity contribution in [3.8, 4) is 0 Å². The number of fused-ring (bicyclic) bond motifs is 2. The molecule has 7 nitrogen and oxygen atoms in total. The van der Waals surface area contributed by atoms with Gasteiger partial charge in [-0.3, -0.25) is 14.5 Å². The van der Waals surface area contributed by atoms with Crippen molar-refractivity contribution in [2.45, 2.75) is 46.5 Å². The Kier molecular flexibility index (Phi) is 4.00. The van der Waals surface area contributed by atoms with Crippen molar-refractivity contribution < 1.29 is 9.59 Å². The molecule has 4 heterocycles. The van der Waals surface area contributed by atoms with Gasteiger partial charge in [0.1, 0.15) is 11.6 Å². The van der Waals surface area contributed by atoms with Crippen LogP contribution in [0.5, 0.6) is 0 Å². The minimum Gasteiger partial charge on any atom is -0.325 e. The minimum absolute atomic E-state index is 0.00888. The molecule has 2 aromatic heterocycles. The number of hydrogen-bond donors (Lipinski definition) is 1. The van der Waals surface area contributed by atoms with Crippen LogP contribution >= 0.6 is 0 Å². The highest BCUT2D eigenvalue weighted by molar-refractivity contribution is 6.08. The first kappa shape index (κ1) is 19.6. The smallest absolute Gasteiger partial charge is 0.238 e. The fourth-order valence-electron chi connectivity index (χ4n) is 4.67. The van der Waals surface area contributed by atoms with E-state index in [-0.39, 0.29) is 17.7 Å². The second-order valence-electron chi connectivity index (χ2n) is 9.57. The molecule has 0 bridgehead atoms. The van der Waals surface area contributed by atoms with Gasteiger partial charge in [0.25, 0.3) is 0 Å². The first-order chi connectivity index (χ1) is 14.6. The lowest BCUT2D eigenvalue weighted by atomic mass is 9.75. The van der Waals surface area contributed by atoms with Gasteiger partial charge in [0, 0.05) is 47.4 Å². The Morgan fingerprint density at radius 1 is 1.06 bits per heavy atom. The molecule has 2 amide bonds. The predicted octanol–water partition coefficient (Wildman–Crippen LogP) is 3.77. The second-order valence-corrected chi connectivity index (χ2v) is 9.57. The van der Waals surface area contributed by atoms with Crippen LogP contribution < -0.4 is 10.2 Å². The Labute approximate surface area is 181 Å². The molecule has 1 aliphatic carbocycles. The highest BCUT2D eigenvalue weighted by Crippen LogP contribution is 2.51. The molecule has 0 saturated carbocycles. The molecule has 1 atom stereocenters. The Morgan fingerprint density at radius 3 is 2.48 bits per heavy atom. The number of carbonyl (C=O) groups is 2. The van der Waals surface area contributed by atoms with Crippen molar-refractivity contribution in [2.75, 3.05) is 10.2 Å². The van der Waals surface area contributed by atoms with Crippen LogP contribution in [0.2, 0.25) is 0 Å². The summed E-state index contributed by atoms with van der Waals surface area (Å²) in [5, 5.41) is 2.93. The maximum Gasteiger partial charge on any atom is 0.238 e. The van der Waals surface area contributed by atoms with E-state index in [0.717, 1.165) is 34.6 Å². The molecule has 7 heteroatoms. The Balaban J connectivity index is 1.59. The highest BCUT2D eigenvalue weighted by atomic mass is 16.2. The lowest BCUT2D eigenvalue weighted by Crippen LogP contribution is -2.31. The third-order valence-electron chi connectivity index (χ3n) is 6.84. The van der Waals surface area contributed by atoms with Gasteiger partial charge in [-0.1, -0.05) is 19.9 Å². The summed E-state index contributed by atoms with van der Waals surface area (Å²) in [7, 11) is 0. The van der Waals surface area contributed by atoms with E-state index in [0.29, 0.717) is 11.5 Å². The number of carbonyl (C=O) groups excluding carboxylic acids is 2. The van der Waals surface area contributed by atoms with E-state index >= 15 is 0 Å². The molecule has 3 aliphatic rings. The van der Waals surface area contributed by atoms with Crippen LogP contribution in [0.1, 0.15) is 51.1 Å². The fraction of sp³-hybridized carbons (Fsp3) is 0.375. The molecule has 2 aliphatic heterocycles. The molecule has 1 N–H and O–H groups in total. The van der Waals surface area contributed by atoms with Gasteiger partial charge in [-0.2, -0.15) is 0 Å². The van der Waals surface area contributed by atoms with Crippen LogP contribution in [0.4, 0.5) is 11.5 Å². The fourth-order valence-corrected chi connectivity index (χ4v) is 4.67. The summed E-state index contributed by atoms with van der Waals surface area (Å²) < 4.78 is 0. The molecule has 1 saturated heterocycles. The van der Waals surface area contributed by atoms with E-state index in [4.69, 9.17) is 0 Å². The summed E-state index contributed by atoms with van der Waals surface area (Å²) in [5.74, 6) is 1.25. The second kappa shape index (κ2) is 6.33. The molecule has 0 aromatic carbocycles. The topological polar surface area (TPSA) is 88.1 Å². The minimum atomic E-state index is -0.636. The van der Waals surface area contributed by atoms with E-state index in [2.05, 4.69) is 26.3 Å². The number of rotatable bonds is 2. The maximum atomic E-state index is 13.5. The lowest BCUT2D eigenvalue weighted by molar-refractivity contribution is -0.125. The maximum absolute atomic E-state index is 13.5. The average molecular weight is 415 g/mol. The van der Waals surface area contributed by atoms with Gasteiger partial charge < -0.3 is 5.32 Å². The molecule has 0 spiro atoms. The monoisotopic (exact) mass is 415 g/mol. The zero-order valence-corrected chi connectivity index (χ0v) is 18.4. The molecular weight excluding hydrogens is 390 g/mol. The van der Waals surface area contributed by atoms with E-state index in [1.807, 2.05) is 59.2 Å². The number of aromatic nitrogens is 3. The number of allylic oxidation sites excluding steroid dienone is 4. The zero-order valence-electron chi connectivity index (χ0n) is 18.4. The molecule has 1 fully saturated rings. The van der Waals surface area contributed by atoms with Gasteiger partial charge >= 0.3 is 0 Å². The van der Waals surface area contributed by atoms with Gasteiger partial charge in [-0.25, -0.2) is 15.0 Å². The SMILES string of the molecule is Cc1ncc(C2=CCC3C(=C2)N(c2cc4c(cn2)C(C)(C)C(=O)N4)C(=O)C3(C)C)cn1. The Morgan fingerprint density at radius 2 is 1.77 bits per heavy atom. The Bertz CT molecular complexity index is 1190. The van der Waals surface area contributed by atoms with Gasteiger partial charge in [0.05, 0.1) is 16.5 Å². The van der Waals surface area contributed by atoms with Crippen molar-refractivity contribution in [3.05, 3.63) is 59.5 Å². The van der Waals surface area contributed by atoms with Crippen molar-refractivity contribution >= 4 is 28.9 Å². The number of pyridine rings is 1. The van der Waals surface area contributed by atoms with Gasteiger partial charge in [-0.15, -0.1) is 0 Å². The largest absolute Gasteiger partial charge is 0.325 e. The number of hydrogen-bond acceptors (Lipinski definition) is 5. The van der Waals surface area contributed by atoms with E-state index in [1.165, 1.54) is 0 Å². The summed E-state index contributed by atoms with van der Waals surface area (Å²) in [6.07, 6.45) is 10.3. The molecular formula is C24H25N5O2. The molecule has 5 rings (SSSR count). The van der Waals surface area contributed by atoms with E-state index in [1.54, 1.807) is 11.1 Å². The molecule has 31 heavy (non-hydrogen) atoms. The van der Waals surface area contributed by atoms with Crippen LogP contribution in [0.15, 0.2) is 42.5 Å². The molecule has 0 radical (unpaired) electrons. The van der Waals surface area contributed by atoms with Gasteiger partial charge in [-0.05, 0) is 38.8 Å². The van der Waals surface area contributed by atoms with E-state index in [9.17, 15) is 9.59 Å². The molecule has 158 valence electrons. The first-order valence-corrected chi connectivity index (χ1v) is 10.5. The highest BCUT2D eigenvalue weighted by Gasteiger charge is 2.52. The third-order valence-corrected chi connectivity index (χ3v) is 6.84. The first-order valence-electron chi connectivity index (χ1n) is 10.5. The number of nitrogens with zero attached hydrogens (tertiary/aromatic N) is 4. The lowest BCUT2D eigenvalue weighted by Gasteiger charge is -2.26. The van der Waals surface area contributed by atoms with Gasteiger partial charge in [0.15, 0.2) is 0 Å². The predicted molar refractivity (Wildman–Crippen MR) is 118 cm³/mol. The van der Waals surface area contributed by atoms with Crippen LogP contribution in [0.3, 0.4) is 0 Å². The molecule has 1 unspecified atom stereocenters. The molecule has 2 aromatic rings. The number of anilines is 2. The van der Waals surface area contributed by atoms with Crippen LogP contribution in [-0.4, -0.2) is 26.8 Å². The van der Waals surface area contributed by atoms with Crippen molar-refractivity contribution in [1.29, 1.82) is 0 Å². The van der Waals surface area contributed by atoms with E-state index < -0.39 is 10.8 Å². The standard InChI is InChI=1S/C24H25N5O2/c1-13-25-10-15(11-26-13)14-6-7-16-19(8-14)29(22(31)24(16,4)5)20-9-18-17(12-27-20)23(2,3)21(30)28-18/h6,8-12,16H,7H2,1-5H3,(H,28,30). The van der Waals surface area contributed by atoms with Crippen LogP contribution in [0, 0.1) is 18.3 Å². The number of aryl methyl sites for hydroxylation is 1. The average Bonchev–Trinajstić information content (AvgIpc) is 3.08. The number of amides is 2. The summed E-state index contributed by atoms with van der Waals surface area (Å²) >= 11 is 0. The van der Waals surface area contributed by atoms with Crippen molar-refractivity contribution in [2.24, 2.45) is 11.3 Å². The summed E-state index contributed by atoms with van der Waals surface area (Å²) in [6.45, 7) is 9.58. The summed E-state index contributed by atoms with van der Waals surface area (Å²) in [5.41, 5.74) is 3.21. The Hall–Kier alpha value is -3.35. The summed E-state index contributed by atoms with van der Waals surface area (Å²) in [4.78, 5) is 40.8. The van der Waals surface area contributed by atoms with Gasteiger partial charge in [0.2, 0.25) is 11.8 Å². The van der Waals surface area contributed by atoms with Crippen LogP contribution in [-0.2, 0) is 15.0 Å².